The highest BCUT2D eigenvalue weighted by Crippen LogP contribution is 2.40. The molecule has 0 aromatic carbocycles. The molecular weight excluding hydrogens is 812 g/mol. The average molecular weight is 870 g/mol. The Bertz CT molecular complexity index is 1410. The van der Waals surface area contributed by atoms with Crippen molar-refractivity contribution in [2.45, 2.75) is 113 Å². The number of rotatable bonds is 20. The van der Waals surface area contributed by atoms with Crippen LogP contribution in [0.2, 0.25) is 0 Å². The Labute approximate surface area is 328 Å². The Morgan fingerprint density at radius 3 is 1.56 bits per heavy atom. The number of carbonyl (C=O) groups is 3. The van der Waals surface area contributed by atoms with Crippen molar-refractivity contribution in [3.8, 4) is 0 Å². The summed E-state index contributed by atoms with van der Waals surface area (Å²) in [6, 6.07) is -4.44. The predicted octanol–water partition coefficient (Wildman–Crippen LogP) is -5.50. The number of carbonyl (C=O) groups excluding carboxylic acids is 3. The van der Waals surface area contributed by atoms with E-state index in [1.807, 2.05) is 0 Å². The molecule has 332 valence electrons. The van der Waals surface area contributed by atoms with E-state index in [4.69, 9.17) is 53.7 Å². The Hall–Kier alpha value is -1.81. The van der Waals surface area contributed by atoms with Crippen LogP contribution in [0.3, 0.4) is 0 Å². The first-order valence-electron chi connectivity index (χ1n) is 17.9. The number of amides is 3. The minimum absolute atomic E-state index is 0.0140. The normalized spacial score (nSPS) is 38.0. The zero-order valence-electron chi connectivity index (χ0n) is 32.1. The molecule has 25 nitrogen and oxygen atoms in total. The smallest absolute Gasteiger partial charge is 0.325 e. The van der Waals surface area contributed by atoms with E-state index in [1.165, 1.54) is 6.92 Å². The average Bonchev–Trinajstić information content (AvgIpc) is 3.10. The lowest BCUT2D eigenvalue weighted by Gasteiger charge is -2.51. The highest BCUT2D eigenvalue weighted by molar-refractivity contribution is 7.52. The summed E-state index contributed by atoms with van der Waals surface area (Å²) in [7, 11) is -8.37. The van der Waals surface area contributed by atoms with Gasteiger partial charge in [-0.25, -0.2) is 0 Å². The second-order valence-corrected chi connectivity index (χ2v) is 17.4. The zero-order valence-corrected chi connectivity index (χ0v) is 33.8. The Balaban J connectivity index is 2.20. The largest absolute Gasteiger partial charge is 0.394 e. The van der Waals surface area contributed by atoms with E-state index in [1.54, 1.807) is 0 Å². The molecule has 0 radical (unpaired) electrons. The lowest BCUT2D eigenvalue weighted by Crippen LogP contribution is -2.72. The predicted molar refractivity (Wildman–Crippen MR) is 191 cm³/mol. The van der Waals surface area contributed by atoms with E-state index in [0.29, 0.717) is 0 Å². The quantitative estimate of drug-likeness (QED) is 0.0508. The van der Waals surface area contributed by atoms with E-state index >= 15 is 0 Å². The number of nitrogens with two attached hydrogens (primary N) is 2. The van der Waals surface area contributed by atoms with Crippen LogP contribution in [-0.4, -0.2) is 199 Å². The van der Waals surface area contributed by atoms with Crippen molar-refractivity contribution in [1.29, 1.82) is 0 Å². The van der Waals surface area contributed by atoms with Crippen molar-refractivity contribution in [3.05, 3.63) is 0 Å². The van der Waals surface area contributed by atoms with Gasteiger partial charge >= 0.3 is 15.2 Å². The van der Waals surface area contributed by atoms with Gasteiger partial charge in [-0.05, 0) is 0 Å². The fraction of sp³-hybridized carbons (Fsp3) is 0.900. The SMILES string of the molecule is CC(=O)N[C@H]1[C@H](O[C@H]2[C@H](O)[C@@H](COP(C)(=O)O)O[C@@H](O[C@@H]3[C@@H](NC(C)=O)[C@@H](OCCN)O[C@H](COP(C)(=O)O)[C@H]3OCCN)[C@@H]2NC(C)=O)O[C@H](CO)[C@@H](O)[C@@H]1O. The van der Waals surface area contributed by atoms with Crippen molar-refractivity contribution < 1.29 is 95.9 Å². The molecule has 3 aliphatic rings. The number of hydrogen-bond acceptors (Lipinski definition) is 20. The Morgan fingerprint density at radius 1 is 0.614 bits per heavy atom. The molecule has 13 N–H and O–H groups in total. The van der Waals surface area contributed by atoms with E-state index in [0.717, 1.165) is 27.2 Å². The maximum Gasteiger partial charge on any atom is 0.325 e. The van der Waals surface area contributed by atoms with Crippen molar-refractivity contribution >= 4 is 32.9 Å². The third-order valence-electron chi connectivity index (χ3n) is 8.68. The molecule has 3 saturated heterocycles. The molecule has 3 aliphatic heterocycles. The van der Waals surface area contributed by atoms with Gasteiger partial charge < -0.3 is 99.8 Å². The topological polar surface area (TPSA) is 378 Å². The molecule has 0 aromatic heterocycles. The first kappa shape index (κ1) is 49.6. The molecule has 0 aliphatic carbocycles. The molecule has 0 spiro atoms. The van der Waals surface area contributed by atoms with Crippen LogP contribution in [0.5, 0.6) is 0 Å². The van der Waals surface area contributed by atoms with E-state index in [-0.39, 0.29) is 26.3 Å². The van der Waals surface area contributed by atoms with Gasteiger partial charge in [0, 0.05) is 47.2 Å². The van der Waals surface area contributed by atoms with Gasteiger partial charge in [0.05, 0.1) is 33.0 Å². The Morgan fingerprint density at radius 2 is 1.05 bits per heavy atom. The van der Waals surface area contributed by atoms with Crippen LogP contribution in [0, 0.1) is 0 Å². The van der Waals surface area contributed by atoms with Gasteiger partial charge in [0.15, 0.2) is 18.9 Å². The summed E-state index contributed by atoms with van der Waals surface area (Å²) in [4.78, 5) is 57.5. The van der Waals surface area contributed by atoms with Crippen LogP contribution < -0.4 is 27.4 Å². The van der Waals surface area contributed by atoms with Gasteiger partial charge in [-0.3, -0.25) is 23.5 Å². The van der Waals surface area contributed by atoms with Crippen LogP contribution >= 0.6 is 15.2 Å². The molecule has 2 unspecified atom stereocenters. The van der Waals surface area contributed by atoms with Gasteiger partial charge in [0.2, 0.25) is 17.7 Å². The van der Waals surface area contributed by atoms with Gasteiger partial charge in [-0.15, -0.1) is 0 Å². The molecule has 0 bridgehead atoms. The number of ether oxygens (including phenoxy) is 7. The molecule has 3 amide bonds. The van der Waals surface area contributed by atoms with E-state index in [2.05, 4.69) is 16.0 Å². The standard InChI is InChI=1S/C30H57N5O20P2/c1-13(37)33-19-24(42)22(40)16(10-36)51-29(19)54-26-20(34-14(2)38)30(52-17(23(26)41)11-49-56(4,43)44)55-27-21(35-15(3)39)28(48-9-7-32)53-18(12-50-57(5,45)46)25(27)47-8-6-31/h16-30,36,40-42H,6-12,31-32H2,1-5H3,(H,33,37)(H,34,38)(H,35,39)(H,43,44)(H,45,46)/t16-,17-,18-,19-,20-,21-,22-,23-,24-,25-,26-,27-,28+,29+,30+/m1/s1. The highest BCUT2D eigenvalue weighted by atomic mass is 31.2. The molecular formula is C30H57N5O20P2. The summed E-state index contributed by atoms with van der Waals surface area (Å²) in [5.41, 5.74) is 11.4. The summed E-state index contributed by atoms with van der Waals surface area (Å²) in [5.74, 6) is -2.07. The van der Waals surface area contributed by atoms with Gasteiger partial charge in [0.25, 0.3) is 0 Å². The van der Waals surface area contributed by atoms with Crippen LogP contribution in [0.4, 0.5) is 0 Å². The minimum Gasteiger partial charge on any atom is -0.394 e. The second kappa shape index (κ2) is 22.2. The summed E-state index contributed by atoms with van der Waals surface area (Å²) in [5, 5.41) is 50.7. The molecule has 3 heterocycles. The third kappa shape index (κ3) is 14.7. The fourth-order valence-corrected chi connectivity index (χ4v) is 7.21. The Kier molecular flexibility index (Phi) is 19.3. The minimum atomic E-state index is -4.24. The number of aliphatic hydroxyl groups is 4. The van der Waals surface area contributed by atoms with Crippen molar-refractivity contribution in [3.63, 3.8) is 0 Å². The molecule has 0 aromatic rings. The molecule has 3 fully saturated rings. The van der Waals surface area contributed by atoms with Crippen LogP contribution in [-0.2, 0) is 65.7 Å². The maximum absolute atomic E-state index is 12.8. The van der Waals surface area contributed by atoms with Crippen molar-refractivity contribution in [2.75, 3.05) is 59.5 Å². The molecule has 17 atom stereocenters. The molecule has 3 rings (SSSR count). The zero-order chi connectivity index (χ0) is 42.8. The number of aliphatic hydroxyl groups excluding tert-OH is 4. The summed E-state index contributed by atoms with van der Waals surface area (Å²) >= 11 is 0. The lowest BCUT2D eigenvalue weighted by atomic mass is 9.93. The first-order chi connectivity index (χ1) is 26.6. The first-order valence-corrected chi connectivity index (χ1v) is 21.9. The van der Waals surface area contributed by atoms with Crippen LogP contribution in [0.1, 0.15) is 20.8 Å². The summed E-state index contributed by atoms with van der Waals surface area (Å²) < 4.78 is 77.1. The number of hydrogen-bond donors (Lipinski definition) is 11. The lowest BCUT2D eigenvalue weighted by molar-refractivity contribution is -0.350. The van der Waals surface area contributed by atoms with E-state index < -0.39 is 145 Å². The number of nitrogens with one attached hydrogen (secondary N) is 3. The van der Waals surface area contributed by atoms with E-state index in [9.17, 15) is 53.7 Å². The third-order valence-corrected chi connectivity index (χ3v) is 9.93. The van der Waals surface area contributed by atoms with Crippen molar-refractivity contribution in [1.82, 2.24) is 16.0 Å². The highest BCUT2D eigenvalue weighted by Gasteiger charge is 2.56. The molecule has 57 heavy (non-hydrogen) atoms. The van der Waals surface area contributed by atoms with Gasteiger partial charge in [-0.1, -0.05) is 0 Å². The summed E-state index contributed by atoms with van der Waals surface area (Å²) in [6.07, 6.45) is -19.3. The second-order valence-electron chi connectivity index (χ2n) is 13.6. The summed E-state index contributed by atoms with van der Waals surface area (Å²) in [6.45, 7) is 2.58. The molecule has 0 saturated carbocycles. The monoisotopic (exact) mass is 869 g/mol. The van der Waals surface area contributed by atoms with Crippen LogP contribution in [0.25, 0.3) is 0 Å². The van der Waals surface area contributed by atoms with Crippen molar-refractivity contribution in [2.24, 2.45) is 11.5 Å². The van der Waals surface area contributed by atoms with Gasteiger partial charge in [0.1, 0.15) is 73.1 Å². The van der Waals surface area contributed by atoms with Gasteiger partial charge in [-0.2, -0.15) is 0 Å². The fourth-order valence-electron chi connectivity index (χ4n) is 6.36. The molecule has 27 heteroatoms. The maximum atomic E-state index is 12.8. The van der Waals surface area contributed by atoms with Crippen LogP contribution in [0.15, 0.2) is 0 Å².